The van der Waals surface area contributed by atoms with E-state index in [9.17, 15) is 0 Å². The molecule has 0 aromatic carbocycles. The molecular formula is C19H36N2. The summed E-state index contributed by atoms with van der Waals surface area (Å²) in [6.45, 7) is 17.0. The lowest BCUT2D eigenvalue weighted by atomic mass is 9.67. The van der Waals surface area contributed by atoms with E-state index in [1.54, 1.807) is 0 Å². The summed E-state index contributed by atoms with van der Waals surface area (Å²) in [6, 6.07) is 1.34. The minimum atomic E-state index is 0.238. The molecule has 2 bridgehead atoms. The van der Waals surface area contributed by atoms with Crippen molar-refractivity contribution < 1.29 is 0 Å². The fourth-order valence-electron chi connectivity index (χ4n) is 6.39. The van der Waals surface area contributed by atoms with E-state index in [0.29, 0.717) is 22.9 Å². The molecular weight excluding hydrogens is 256 g/mol. The molecule has 0 amide bonds. The van der Waals surface area contributed by atoms with Crippen LogP contribution in [-0.4, -0.2) is 23.2 Å². The molecule has 122 valence electrons. The molecule has 3 atom stereocenters. The van der Waals surface area contributed by atoms with Crippen molar-refractivity contribution in [3.8, 4) is 0 Å². The second-order valence-corrected chi connectivity index (χ2v) is 10.5. The summed E-state index contributed by atoms with van der Waals surface area (Å²) >= 11 is 0. The van der Waals surface area contributed by atoms with Crippen LogP contribution in [0.15, 0.2) is 0 Å². The van der Waals surface area contributed by atoms with Gasteiger partial charge < -0.3 is 10.6 Å². The number of nitrogens with one attached hydrogen (secondary N) is 2. The van der Waals surface area contributed by atoms with Gasteiger partial charge in [-0.15, -0.1) is 0 Å². The number of piperidine rings is 1. The Balaban J connectivity index is 1.77. The van der Waals surface area contributed by atoms with Gasteiger partial charge in [0.05, 0.1) is 0 Å². The Labute approximate surface area is 131 Å². The first-order valence-electron chi connectivity index (χ1n) is 8.99. The molecule has 3 unspecified atom stereocenters. The summed E-state index contributed by atoms with van der Waals surface area (Å²) in [7, 11) is 0. The normalized spacial score (nSPS) is 44.1. The Morgan fingerprint density at radius 3 is 1.90 bits per heavy atom. The van der Waals surface area contributed by atoms with E-state index in [2.05, 4.69) is 59.1 Å². The van der Waals surface area contributed by atoms with Crippen LogP contribution in [0.5, 0.6) is 0 Å². The van der Waals surface area contributed by atoms with Crippen molar-refractivity contribution in [1.82, 2.24) is 10.6 Å². The van der Waals surface area contributed by atoms with Crippen LogP contribution in [0, 0.1) is 16.7 Å². The van der Waals surface area contributed by atoms with Crippen LogP contribution < -0.4 is 10.6 Å². The predicted octanol–water partition coefficient (Wildman–Crippen LogP) is 4.10. The number of hydrogen-bond acceptors (Lipinski definition) is 2. The molecule has 2 heteroatoms. The van der Waals surface area contributed by atoms with Gasteiger partial charge in [-0.25, -0.2) is 0 Å². The van der Waals surface area contributed by atoms with Crippen LogP contribution >= 0.6 is 0 Å². The third-order valence-corrected chi connectivity index (χ3v) is 6.86. The molecule has 1 heterocycles. The van der Waals surface area contributed by atoms with Crippen LogP contribution in [0.4, 0.5) is 0 Å². The van der Waals surface area contributed by atoms with Gasteiger partial charge >= 0.3 is 0 Å². The van der Waals surface area contributed by atoms with Crippen molar-refractivity contribution in [2.45, 2.75) is 104 Å². The fourth-order valence-corrected chi connectivity index (χ4v) is 6.39. The van der Waals surface area contributed by atoms with Gasteiger partial charge in [0.2, 0.25) is 0 Å². The van der Waals surface area contributed by atoms with E-state index in [4.69, 9.17) is 0 Å². The molecule has 21 heavy (non-hydrogen) atoms. The van der Waals surface area contributed by atoms with Gasteiger partial charge in [-0.3, -0.25) is 0 Å². The average Bonchev–Trinajstić information content (AvgIpc) is 2.71. The Morgan fingerprint density at radius 1 is 0.857 bits per heavy atom. The zero-order chi connectivity index (χ0) is 15.7. The van der Waals surface area contributed by atoms with Gasteiger partial charge in [-0.05, 0) is 76.5 Å². The summed E-state index contributed by atoms with van der Waals surface area (Å²) in [4.78, 5) is 0. The molecule has 3 rings (SSSR count). The SMILES string of the molecule is CC1(C)CC(NC2C3(C)CCC(C3)C2(C)C)CC(C)(C)N1. The van der Waals surface area contributed by atoms with Gasteiger partial charge in [-0.1, -0.05) is 20.8 Å². The monoisotopic (exact) mass is 292 g/mol. The van der Waals surface area contributed by atoms with Gasteiger partial charge in [0.15, 0.2) is 0 Å². The van der Waals surface area contributed by atoms with E-state index in [1.807, 2.05) is 0 Å². The highest BCUT2D eigenvalue weighted by atomic mass is 15.1. The highest BCUT2D eigenvalue weighted by Gasteiger charge is 2.59. The highest BCUT2D eigenvalue weighted by Crippen LogP contribution is 2.62. The Bertz CT molecular complexity index is 403. The van der Waals surface area contributed by atoms with Crippen molar-refractivity contribution in [2.75, 3.05) is 0 Å². The van der Waals surface area contributed by atoms with Crippen LogP contribution in [-0.2, 0) is 0 Å². The molecule has 0 radical (unpaired) electrons. The summed E-state index contributed by atoms with van der Waals surface area (Å²) in [5, 5.41) is 7.96. The Morgan fingerprint density at radius 2 is 1.43 bits per heavy atom. The Kier molecular flexibility index (Phi) is 3.37. The van der Waals surface area contributed by atoms with Crippen molar-refractivity contribution >= 4 is 0 Å². The first kappa shape index (κ1) is 15.8. The summed E-state index contributed by atoms with van der Waals surface area (Å²) in [5.41, 5.74) is 1.48. The number of fused-ring (bicyclic) bond motifs is 2. The van der Waals surface area contributed by atoms with Crippen molar-refractivity contribution in [3.05, 3.63) is 0 Å². The summed E-state index contributed by atoms with van der Waals surface area (Å²) in [5.74, 6) is 0.933. The molecule has 2 aliphatic carbocycles. The third-order valence-electron chi connectivity index (χ3n) is 6.86. The maximum Gasteiger partial charge on any atom is 0.0177 e. The molecule has 0 aromatic heterocycles. The molecule has 2 N–H and O–H groups in total. The maximum absolute atomic E-state index is 4.15. The minimum absolute atomic E-state index is 0.238. The van der Waals surface area contributed by atoms with Crippen molar-refractivity contribution in [1.29, 1.82) is 0 Å². The zero-order valence-electron chi connectivity index (χ0n) is 15.3. The minimum Gasteiger partial charge on any atom is -0.310 e. The topological polar surface area (TPSA) is 24.1 Å². The van der Waals surface area contributed by atoms with E-state index in [0.717, 1.165) is 5.92 Å². The number of rotatable bonds is 2. The molecule has 0 aromatic rings. The largest absolute Gasteiger partial charge is 0.310 e. The molecule has 2 nitrogen and oxygen atoms in total. The predicted molar refractivity (Wildman–Crippen MR) is 90.5 cm³/mol. The summed E-state index contributed by atoms with van der Waals surface area (Å²) in [6.07, 6.45) is 6.80. The molecule has 3 aliphatic rings. The van der Waals surface area contributed by atoms with Crippen molar-refractivity contribution in [3.63, 3.8) is 0 Å². The lowest BCUT2D eigenvalue weighted by Gasteiger charge is -2.51. The maximum atomic E-state index is 4.15. The van der Waals surface area contributed by atoms with Gasteiger partial charge in [0, 0.05) is 23.2 Å². The number of hydrogen-bond donors (Lipinski definition) is 2. The van der Waals surface area contributed by atoms with E-state index in [-0.39, 0.29) is 11.1 Å². The zero-order valence-corrected chi connectivity index (χ0v) is 15.3. The van der Waals surface area contributed by atoms with Crippen LogP contribution in [0.3, 0.4) is 0 Å². The van der Waals surface area contributed by atoms with E-state index in [1.165, 1.54) is 32.1 Å². The van der Waals surface area contributed by atoms with Crippen LogP contribution in [0.1, 0.15) is 80.6 Å². The Hall–Kier alpha value is -0.0800. The van der Waals surface area contributed by atoms with Gasteiger partial charge in [0.1, 0.15) is 0 Å². The first-order chi connectivity index (χ1) is 9.44. The van der Waals surface area contributed by atoms with Crippen LogP contribution in [0.2, 0.25) is 0 Å². The lowest BCUT2D eigenvalue weighted by Crippen LogP contribution is -2.64. The second kappa shape index (κ2) is 4.47. The third kappa shape index (κ3) is 2.67. The molecule has 1 aliphatic heterocycles. The summed E-state index contributed by atoms with van der Waals surface area (Å²) < 4.78 is 0. The smallest absolute Gasteiger partial charge is 0.0177 e. The average molecular weight is 293 g/mol. The highest BCUT2D eigenvalue weighted by molar-refractivity contribution is 5.13. The molecule has 2 saturated carbocycles. The quantitative estimate of drug-likeness (QED) is 0.800. The van der Waals surface area contributed by atoms with Gasteiger partial charge in [-0.2, -0.15) is 0 Å². The fraction of sp³-hybridized carbons (Fsp3) is 1.00. The second-order valence-electron chi connectivity index (χ2n) is 10.5. The molecule has 0 spiro atoms. The van der Waals surface area contributed by atoms with Crippen molar-refractivity contribution in [2.24, 2.45) is 16.7 Å². The standard InChI is InChI=1S/C19H36N2/c1-16(2)11-14(12-17(3,4)21-16)20-15-18(5,6)13-8-9-19(15,7)10-13/h13-15,20-21H,8-12H2,1-7H3. The van der Waals surface area contributed by atoms with E-state index < -0.39 is 0 Å². The van der Waals surface area contributed by atoms with E-state index >= 15 is 0 Å². The molecule has 1 saturated heterocycles. The first-order valence-corrected chi connectivity index (χ1v) is 8.99. The molecule has 3 fully saturated rings. The van der Waals surface area contributed by atoms with Gasteiger partial charge in [0.25, 0.3) is 0 Å². The van der Waals surface area contributed by atoms with Crippen LogP contribution in [0.25, 0.3) is 0 Å². The lowest BCUT2D eigenvalue weighted by molar-refractivity contribution is 0.0675.